The molecule has 18 heavy (non-hydrogen) atoms. The van der Waals surface area contributed by atoms with Crippen molar-refractivity contribution < 1.29 is 0 Å². The zero-order valence-electron chi connectivity index (χ0n) is 12.1. The number of aromatic nitrogens is 2. The van der Waals surface area contributed by atoms with Gasteiger partial charge in [-0.05, 0) is 37.6 Å². The Hall–Kier alpha value is -0.830. The van der Waals surface area contributed by atoms with Gasteiger partial charge in [0.05, 0.1) is 0 Å². The molecule has 0 amide bonds. The molecule has 0 radical (unpaired) electrons. The molecule has 1 unspecified atom stereocenters. The molecule has 102 valence electrons. The van der Waals surface area contributed by atoms with Crippen LogP contribution in [0.3, 0.4) is 0 Å². The van der Waals surface area contributed by atoms with Crippen molar-refractivity contribution in [3.8, 4) is 0 Å². The van der Waals surface area contributed by atoms with Gasteiger partial charge in [0.1, 0.15) is 5.82 Å². The van der Waals surface area contributed by atoms with Gasteiger partial charge in [-0.3, -0.25) is 0 Å². The molecular formula is C15H27N3. The fourth-order valence-corrected chi connectivity index (χ4v) is 2.59. The van der Waals surface area contributed by atoms with E-state index in [9.17, 15) is 0 Å². The first kappa shape index (κ1) is 13.6. The molecule has 1 saturated carbocycles. The highest BCUT2D eigenvalue weighted by molar-refractivity contribution is 5.05. The smallest absolute Gasteiger partial charge is 0.110 e. The van der Waals surface area contributed by atoms with Crippen molar-refractivity contribution >= 4 is 0 Å². The van der Waals surface area contributed by atoms with E-state index in [0.717, 1.165) is 19.5 Å². The molecule has 0 saturated heterocycles. The molecule has 3 heteroatoms. The lowest BCUT2D eigenvalue weighted by Crippen LogP contribution is -2.39. The van der Waals surface area contributed by atoms with Crippen LogP contribution in [0.25, 0.3) is 0 Å². The third kappa shape index (κ3) is 3.14. The van der Waals surface area contributed by atoms with Crippen LogP contribution < -0.4 is 5.32 Å². The summed E-state index contributed by atoms with van der Waals surface area (Å²) in [4.78, 5) is 4.55. The number of nitrogens with one attached hydrogen (secondary N) is 1. The van der Waals surface area contributed by atoms with Crippen LogP contribution in [0.5, 0.6) is 0 Å². The Bertz CT molecular complexity index is 366. The summed E-state index contributed by atoms with van der Waals surface area (Å²) in [5.41, 5.74) is 0.512. The summed E-state index contributed by atoms with van der Waals surface area (Å²) in [5.74, 6) is 1.25. The molecule has 0 aliphatic heterocycles. The van der Waals surface area contributed by atoms with E-state index < -0.39 is 0 Å². The van der Waals surface area contributed by atoms with Gasteiger partial charge >= 0.3 is 0 Å². The van der Waals surface area contributed by atoms with Crippen LogP contribution in [0, 0.1) is 5.41 Å². The Balaban J connectivity index is 2.01. The topological polar surface area (TPSA) is 29.9 Å². The number of nitrogens with zero attached hydrogens (tertiary/aromatic N) is 2. The normalized spacial score (nSPS) is 18.8. The second kappa shape index (κ2) is 5.87. The summed E-state index contributed by atoms with van der Waals surface area (Å²) >= 11 is 0. The molecule has 3 nitrogen and oxygen atoms in total. The van der Waals surface area contributed by atoms with Crippen LogP contribution in [0.4, 0.5) is 0 Å². The maximum atomic E-state index is 4.55. The maximum absolute atomic E-state index is 4.55. The third-order valence-corrected chi connectivity index (χ3v) is 4.17. The molecule has 0 bridgehead atoms. The zero-order chi connectivity index (χ0) is 13.0. The Kier molecular flexibility index (Phi) is 4.44. The SMILES string of the molecule is CCCNC(Cc1nccn1CCC)C1(C)CC1. The monoisotopic (exact) mass is 249 g/mol. The largest absolute Gasteiger partial charge is 0.335 e. The molecule has 2 rings (SSSR count). The minimum atomic E-state index is 0.512. The fraction of sp³-hybridized carbons (Fsp3) is 0.800. The molecule has 0 spiro atoms. The molecule has 1 aromatic rings. The molecule has 1 aliphatic carbocycles. The van der Waals surface area contributed by atoms with E-state index in [1.807, 2.05) is 6.20 Å². The van der Waals surface area contributed by atoms with Crippen LogP contribution >= 0.6 is 0 Å². The van der Waals surface area contributed by atoms with Gasteiger partial charge in [-0.2, -0.15) is 0 Å². The fourth-order valence-electron chi connectivity index (χ4n) is 2.59. The summed E-state index contributed by atoms with van der Waals surface area (Å²) in [7, 11) is 0. The van der Waals surface area contributed by atoms with E-state index in [-0.39, 0.29) is 0 Å². The highest BCUT2D eigenvalue weighted by Crippen LogP contribution is 2.48. The van der Waals surface area contributed by atoms with Crippen molar-refractivity contribution in [3.63, 3.8) is 0 Å². The van der Waals surface area contributed by atoms with E-state index in [0.29, 0.717) is 11.5 Å². The Morgan fingerprint density at radius 2 is 2.17 bits per heavy atom. The highest BCUT2D eigenvalue weighted by atomic mass is 15.1. The number of hydrogen-bond acceptors (Lipinski definition) is 2. The van der Waals surface area contributed by atoms with Crippen molar-refractivity contribution in [2.75, 3.05) is 6.54 Å². The Morgan fingerprint density at radius 1 is 1.39 bits per heavy atom. The average Bonchev–Trinajstić information content (AvgIpc) is 2.96. The molecule has 1 heterocycles. The van der Waals surface area contributed by atoms with Gasteiger partial charge < -0.3 is 9.88 Å². The number of aryl methyl sites for hydroxylation is 1. The predicted molar refractivity (Wildman–Crippen MR) is 75.6 cm³/mol. The standard InChI is InChI=1S/C15H27N3/c1-4-8-16-13(15(3)6-7-15)12-14-17-9-11-18(14)10-5-2/h9,11,13,16H,4-8,10,12H2,1-3H3. The van der Waals surface area contributed by atoms with Gasteiger partial charge in [-0.1, -0.05) is 20.8 Å². The second-order valence-electron chi connectivity index (χ2n) is 5.90. The average molecular weight is 249 g/mol. The summed E-state index contributed by atoms with van der Waals surface area (Å²) in [6.45, 7) is 9.07. The Morgan fingerprint density at radius 3 is 2.78 bits per heavy atom. The van der Waals surface area contributed by atoms with Crippen molar-refractivity contribution in [2.45, 2.75) is 65.5 Å². The molecule has 1 N–H and O–H groups in total. The molecular weight excluding hydrogens is 222 g/mol. The first-order chi connectivity index (χ1) is 8.69. The number of rotatable bonds is 8. The number of imidazole rings is 1. The lowest BCUT2D eigenvalue weighted by molar-refractivity contribution is 0.345. The molecule has 1 aromatic heterocycles. The molecule has 1 aliphatic rings. The molecule has 1 fully saturated rings. The Labute approximate surface area is 111 Å². The van der Waals surface area contributed by atoms with Crippen LogP contribution in [0.15, 0.2) is 12.4 Å². The van der Waals surface area contributed by atoms with Crippen LogP contribution in [-0.2, 0) is 13.0 Å². The first-order valence-corrected chi connectivity index (χ1v) is 7.43. The van der Waals surface area contributed by atoms with E-state index in [1.165, 1.54) is 31.5 Å². The second-order valence-corrected chi connectivity index (χ2v) is 5.90. The van der Waals surface area contributed by atoms with E-state index in [1.54, 1.807) is 0 Å². The van der Waals surface area contributed by atoms with Gasteiger partial charge in [0, 0.05) is 31.4 Å². The predicted octanol–water partition coefficient (Wildman–Crippen LogP) is 3.00. The van der Waals surface area contributed by atoms with Gasteiger partial charge in [0.2, 0.25) is 0 Å². The molecule has 1 atom stereocenters. The summed E-state index contributed by atoms with van der Waals surface area (Å²) < 4.78 is 2.31. The summed E-state index contributed by atoms with van der Waals surface area (Å²) in [6.07, 6.45) is 10.2. The first-order valence-electron chi connectivity index (χ1n) is 7.43. The van der Waals surface area contributed by atoms with Crippen molar-refractivity contribution in [2.24, 2.45) is 5.41 Å². The summed E-state index contributed by atoms with van der Waals surface area (Å²) in [6, 6.07) is 0.593. The maximum Gasteiger partial charge on any atom is 0.110 e. The summed E-state index contributed by atoms with van der Waals surface area (Å²) in [5, 5.41) is 3.73. The van der Waals surface area contributed by atoms with Crippen LogP contribution in [0.1, 0.15) is 52.3 Å². The lowest BCUT2D eigenvalue weighted by atomic mass is 9.95. The molecule has 0 aromatic carbocycles. The van der Waals surface area contributed by atoms with Gasteiger partial charge in [-0.25, -0.2) is 4.98 Å². The van der Waals surface area contributed by atoms with E-state index in [2.05, 4.69) is 41.8 Å². The van der Waals surface area contributed by atoms with Gasteiger partial charge in [-0.15, -0.1) is 0 Å². The van der Waals surface area contributed by atoms with Crippen molar-refractivity contribution in [1.82, 2.24) is 14.9 Å². The number of hydrogen-bond donors (Lipinski definition) is 1. The lowest BCUT2D eigenvalue weighted by Gasteiger charge is -2.25. The minimum Gasteiger partial charge on any atom is -0.335 e. The van der Waals surface area contributed by atoms with Crippen LogP contribution in [-0.4, -0.2) is 22.1 Å². The van der Waals surface area contributed by atoms with Crippen LogP contribution in [0.2, 0.25) is 0 Å². The highest BCUT2D eigenvalue weighted by Gasteiger charge is 2.44. The van der Waals surface area contributed by atoms with Crippen molar-refractivity contribution in [1.29, 1.82) is 0 Å². The van der Waals surface area contributed by atoms with Crippen molar-refractivity contribution in [3.05, 3.63) is 18.2 Å². The van der Waals surface area contributed by atoms with E-state index >= 15 is 0 Å². The third-order valence-electron chi connectivity index (χ3n) is 4.17. The zero-order valence-corrected chi connectivity index (χ0v) is 12.1. The quantitative estimate of drug-likeness (QED) is 0.767. The van der Waals surface area contributed by atoms with E-state index in [4.69, 9.17) is 0 Å². The van der Waals surface area contributed by atoms with Gasteiger partial charge in [0.15, 0.2) is 0 Å². The van der Waals surface area contributed by atoms with Gasteiger partial charge in [0.25, 0.3) is 0 Å². The minimum absolute atomic E-state index is 0.512.